The third-order valence-corrected chi connectivity index (χ3v) is 12.0. The van der Waals surface area contributed by atoms with Crippen LogP contribution in [-0.2, 0) is 50.0 Å². The van der Waals surface area contributed by atoms with Crippen molar-refractivity contribution in [2.24, 2.45) is 5.92 Å². The molecule has 5 heterocycles. The number of H-pyrrole nitrogens is 2. The van der Waals surface area contributed by atoms with Crippen molar-refractivity contribution in [3.8, 4) is 0 Å². The molecule has 0 radical (unpaired) electrons. The molecule has 0 amide bonds. The Hall–Kier alpha value is -6.04. The largest absolute Gasteiger partial charge is 0.469 e. The minimum Gasteiger partial charge on any atom is -0.469 e. The lowest BCUT2D eigenvalue weighted by Gasteiger charge is -2.36. The first-order chi connectivity index (χ1) is 28.8. The highest BCUT2D eigenvalue weighted by Crippen LogP contribution is 2.52. The smallest absolute Gasteiger partial charge is 0.334 e. The lowest BCUT2D eigenvalue weighted by molar-refractivity contribution is -0.149. The van der Waals surface area contributed by atoms with E-state index in [2.05, 4.69) is 23.5 Å². The number of esters is 4. The molecule has 2 N–H and O–H groups in total. The van der Waals surface area contributed by atoms with Gasteiger partial charge in [-0.05, 0) is 111 Å². The van der Waals surface area contributed by atoms with Crippen LogP contribution in [0.1, 0.15) is 118 Å². The second-order valence-electron chi connectivity index (χ2n) is 15.7. The average Bonchev–Trinajstić information content (AvgIpc) is 3.89. The van der Waals surface area contributed by atoms with Crippen molar-refractivity contribution in [2.45, 2.75) is 98.3 Å². The summed E-state index contributed by atoms with van der Waals surface area (Å²) in [6.45, 7) is 16.9. The Bertz CT molecular complexity index is 2500. The molecule has 8 bridgehead atoms. The van der Waals surface area contributed by atoms with Crippen molar-refractivity contribution >= 4 is 68.7 Å². The second kappa shape index (κ2) is 18.5. The van der Waals surface area contributed by atoms with E-state index >= 15 is 0 Å². The van der Waals surface area contributed by atoms with Gasteiger partial charge in [0.1, 0.15) is 5.92 Å². The first kappa shape index (κ1) is 43.5. The molecule has 3 aliphatic rings. The molecular formula is C48H56N4O8. The molecule has 2 atom stereocenters. The Balaban J connectivity index is 1.66. The number of aromatic amines is 2. The summed E-state index contributed by atoms with van der Waals surface area (Å²) in [5.41, 5.74) is 10.6. The monoisotopic (exact) mass is 816 g/mol. The fourth-order valence-electron chi connectivity index (χ4n) is 8.38. The van der Waals surface area contributed by atoms with E-state index in [0.29, 0.717) is 59.9 Å². The van der Waals surface area contributed by atoms with E-state index in [9.17, 15) is 19.2 Å². The predicted molar refractivity (Wildman–Crippen MR) is 233 cm³/mol. The fraction of sp³-hybridized carbons (Fsp3) is 0.417. The van der Waals surface area contributed by atoms with Gasteiger partial charge in [0.25, 0.3) is 0 Å². The van der Waals surface area contributed by atoms with E-state index in [1.807, 2.05) is 65.0 Å². The maximum Gasteiger partial charge on any atom is 0.334 e. The van der Waals surface area contributed by atoms with Gasteiger partial charge in [0, 0.05) is 40.5 Å². The number of nitrogens with one attached hydrogen (secondary N) is 2. The molecule has 0 saturated heterocycles. The number of carbonyl (C=O) groups is 4. The fourth-order valence-corrected chi connectivity index (χ4v) is 8.38. The molecule has 0 spiro atoms. The lowest BCUT2D eigenvalue weighted by Crippen LogP contribution is -2.42. The van der Waals surface area contributed by atoms with E-state index in [1.54, 1.807) is 12.2 Å². The average molecular weight is 817 g/mol. The molecule has 0 fully saturated rings. The zero-order valence-corrected chi connectivity index (χ0v) is 36.1. The molecule has 3 aromatic rings. The van der Waals surface area contributed by atoms with Gasteiger partial charge in [-0.15, -0.1) is 0 Å². The summed E-state index contributed by atoms with van der Waals surface area (Å²) in [5.74, 6) is -2.87. The number of aryl methyl sites for hydroxylation is 3. The number of aromatic nitrogens is 4. The van der Waals surface area contributed by atoms with Crippen molar-refractivity contribution in [1.82, 2.24) is 19.9 Å². The third kappa shape index (κ3) is 8.37. The van der Waals surface area contributed by atoms with Gasteiger partial charge in [0.2, 0.25) is 0 Å². The number of carbonyl (C=O) groups excluding carboxylic acids is 4. The van der Waals surface area contributed by atoms with Crippen molar-refractivity contribution in [1.29, 1.82) is 0 Å². The standard InChI is InChI=1S/C48H56N4O8/c1-10-13-21-59-43(53)19-16-31-28(5)36-23-35-27(4)30(12-3)40(51-35)26-42-48(7)34(18-15-33(46(55)57-8)45(48)47(56)58-9)41(52-42)24-37-29(6)32(39(50-37)25-38(31)49-36)17-20-44(54)60-22-14-11-2/h12,15,18,23-26,45,49,51H,3,10-11,13-14,16-17,19-22H2,1-2,4-9H3/t45-,48+/m0/s1. The Morgan fingerprint density at radius 2 is 1.42 bits per heavy atom. The lowest BCUT2D eigenvalue weighted by atomic mass is 9.64. The van der Waals surface area contributed by atoms with Crippen molar-refractivity contribution in [2.75, 3.05) is 27.4 Å². The number of allylic oxidation sites excluding steroid dienone is 5. The highest BCUT2D eigenvalue weighted by atomic mass is 16.5. The Morgan fingerprint density at radius 1 is 0.767 bits per heavy atom. The van der Waals surface area contributed by atoms with Gasteiger partial charge >= 0.3 is 23.9 Å². The van der Waals surface area contributed by atoms with Crippen LogP contribution < -0.4 is 0 Å². The molecule has 1 aliphatic carbocycles. The molecule has 2 aliphatic heterocycles. The molecule has 12 nitrogen and oxygen atoms in total. The number of methoxy groups -OCH3 is 2. The number of rotatable bonds is 15. The topological polar surface area (TPSA) is 163 Å². The predicted octanol–water partition coefficient (Wildman–Crippen LogP) is 9.15. The van der Waals surface area contributed by atoms with Gasteiger partial charge in [-0.3, -0.25) is 19.4 Å². The van der Waals surface area contributed by atoms with Crippen molar-refractivity contribution in [3.05, 3.63) is 93.6 Å². The van der Waals surface area contributed by atoms with Gasteiger partial charge in [-0.25, -0.2) is 9.78 Å². The zero-order chi connectivity index (χ0) is 43.3. The van der Waals surface area contributed by atoms with Crippen LogP contribution in [-0.4, -0.2) is 71.2 Å². The molecule has 60 heavy (non-hydrogen) atoms. The molecule has 3 aromatic heterocycles. The summed E-state index contributed by atoms with van der Waals surface area (Å²) in [7, 11) is 2.58. The summed E-state index contributed by atoms with van der Waals surface area (Å²) in [5, 5.41) is 0. The molecule has 6 rings (SSSR count). The van der Waals surface area contributed by atoms with Crippen LogP contribution >= 0.6 is 0 Å². The number of nitrogens with zero attached hydrogens (tertiary/aromatic N) is 2. The summed E-state index contributed by atoms with van der Waals surface area (Å²) >= 11 is 0. The summed E-state index contributed by atoms with van der Waals surface area (Å²) in [4.78, 5) is 70.5. The summed E-state index contributed by atoms with van der Waals surface area (Å²) in [6, 6.07) is 7.82. The Morgan fingerprint density at radius 3 is 2.05 bits per heavy atom. The first-order valence-electron chi connectivity index (χ1n) is 20.8. The van der Waals surface area contributed by atoms with Crippen molar-refractivity contribution in [3.63, 3.8) is 0 Å². The number of hydrogen-bond acceptors (Lipinski definition) is 10. The number of hydrogen-bond donors (Lipinski definition) is 2. The van der Waals surface area contributed by atoms with Gasteiger partial charge in [-0.2, -0.15) is 0 Å². The summed E-state index contributed by atoms with van der Waals surface area (Å²) < 4.78 is 21.6. The van der Waals surface area contributed by atoms with E-state index in [1.165, 1.54) is 14.2 Å². The second-order valence-corrected chi connectivity index (χ2v) is 15.7. The Labute approximate surface area is 351 Å². The molecule has 12 heteroatoms. The molecule has 0 unspecified atom stereocenters. The minimum atomic E-state index is -1.16. The minimum absolute atomic E-state index is 0.153. The van der Waals surface area contributed by atoms with Gasteiger partial charge in [0.15, 0.2) is 0 Å². The van der Waals surface area contributed by atoms with Crippen molar-refractivity contribution < 1.29 is 38.1 Å². The molecule has 316 valence electrons. The number of ether oxygens (including phenoxy) is 4. The van der Waals surface area contributed by atoms with Crippen LogP contribution in [0.3, 0.4) is 0 Å². The number of unbranched alkanes of at least 4 members (excludes halogenated alkanes) is 2. The molecule has 0 aromatic carbocycles. The maximum absolute atomic E-state index is 13.8. The van der Waals surface area contributed by atoms with Gasteiger partial charge in [0.05, 0.1) is 61.2 Å². The first-order valence-corrected chi connectivity index (χ1v) is 20.8. The van der Waals surface area contributed by atoms with Gasteiger partial charge < -0.3 is 28.9 Å². The van der Waals surface area contributed by atoms with E-state index in [4.69, 9.17) is 28.9 Å². The zero-order valence-electron chi connectivity index (χ0n) is 36.1. The van der Waals surface area contributed by atoms with E-state index < -0.39 is 23.3 Å². The SMILES string of the molecule is C=Cc1c(C)c2cc3[nH]c(cc4nc(cc5nc(cc1[nH]2)[C@@]1(C)C5=CC=C(C(=O)OC)[C@H]1C(=O)OC)C(C)=C4CCC(=O)OCCCC)c(CCC(=O)OCCCC)c3C. The molecule has 0 saturated carbocycles. The van der Waals surface area contributed by atoms with Crippen LogP contribution in [0.15, 0.2) is 48.6 Å². The summed E-state index contributed by atoms with van der Waals surface area (Å²) in [6.07, 6.45) is 9.83. The number of fused-ring (bicyclic) bond motifs is 11. The maximum atomic E-state index is 13.8. The van der Waals surface area contributed by atoms with Crippen LogP contribution in [0, 0.1) is 19.8 Å². The normalized spacial score (nSPS) is 17.0. The van der Waals surface area contributed by atoms with Crippen LogP contribution in [0.5, 0.6) is 0 Å². The molecular weight excluding hydrogens is 761 g/mol. The van der Waals surface area contributed by atoms with Crippen LogP contribution in [0.25, 0.3) is 44.9 Å². The highest BCUT2D eigenvalue weighted by Gasteiger charge is 2.53. The van der Waals surface area contributed by atoms with E-state index in [-0.39, 0.29) is 30.4 Å². The highest BCUT2D eigenvalue weighted by molar-refractivity contribution is 6.02. The van der Waals surface area contributed by atoms with Crippen LogP contribution in [0.2, 0.25) is 0 Å². The quantitative estimate of drug-likeness (QED) is 0.0859. The van der Waals surface area contributed by atoms with E-state index in [0.717, 1.165) is 75.6 Å². The third-order valence-electron chi connectivity index (χ3n) is 12.0. The van der Waals surface area contributed by atoms with Crippen LogP contribution in [0.4, 0.5) is 0 Å². The Kier molecular flexibility index (Phi) is 13.4. The van der Waals surface area contributed by atoms with Gasteiger partial charge in [-0.1, -0.05) is 51.5 Å².